The average Bonchev–Trinajstić information content (AvgIpc) is 1.62. The van der Waals surface area contributed by atoms with E-state index in [0.29, 0.717) is 71.9 Å². The Kier molecular flexibility index (Phi) is 38.5. The zero-order chi connectivity index (χ0) is 105. The minimum Gasteiger partial charge on any atom is -0.744 e. The number of nitrogen functional groups attached to an aromatic ring is 2. The highest BCUT2D eigenvalue weighted by Crippen LogP contribution is 2.68. The van der Waals surface area contributed by atoms with Crippen molar-refractivity contribution in [3.05, 3.63) is 154 Å². The van der Waals surface area contributed by atoms with Gasteiger partial charge in [0.15, 0.2) is 60.0 Å². The van der Waals surface area contributed by atoms with E-state index in [4.69, 9.17) is 58.8 Å². The second kappa shape index (κ2) is 48.9. The summed E-state index contributed by atoms with van der Waals surface area (Å²) < 4.78 is 205. The summed E-state index contributed by atoms with van der Waals surface area (Å²) in [5, 5.41) is 33.8. The molecule has 0 saturated carbocycles. The monoisotopic (exact) mass is 2180 g/mol. The van der Waals surface area contributed by atoms with Crippen LogP contribution in [0.3, 0.4) is 0 Å². The molecule has 4 unspecified atom stereocenters. The predicted molar refractivity (Wildman–Crippen MR) is 498 cm³/mol. The Bertz CT molecular complexity index is 7090. The van der Waals surface area contributed by atoms with E-state index in [1.807, 2.05) is 52.0 Å². The normalized spacial score (nSPS) is 19.1. The van der Waals surface area contributed by atoms with Crippen LogP contribution >= 0.6 is 46.9 Å². The fourth-order valence-corrected chi connectivity index (χ4v) is 21.7. The van der Waals surface area contributed by atoms with Crippen LogP contribution in [0, 0.1) is 0 Å². The first kappa shape index (κ1) is 113. The number of benzene rings is 2. The zero-order valence-electron chi connectivity index (χ0n) is 76.2. The summed E-state index contributed by atoms with van der Waals surface area (Å²) in [5.74, 6) is -0.885. The number of nitrogens with two attached hydrogens (primary N) is 2. The van der Waals surface area contributed by atoms with Crippen molar-refractivity contribution in [1.29, 1.82) is 0 Å². The molecule has 0 spiro atoms. The molecule has 2 fully saturated rings. The summed E-state index contributed by atoms with van der Waals surface area (Å²) in [5.41, 5.74) is 14.9. The van der Waals surface area contributed by atoms with Gasteiger partial charge in [0.25, 0.3) is 0 Å². The van der Waals surface area contributed by atoms with Gasteiger partial charge in [-0.2, -0.15) is 26.4 Å². The number of aliphatic hydroxyl groups is 2. The summed E-state index contributed by atoms with van der Waals surface area (Å²) >= 11 is 0. The number of ether oxygens (including phenoxy) is 4. The Hall–Kier alpha value is -11.1. The van der Waals surface area contributed by atoms with Crippen LogP contribution in [0.5, 0.6) is 0 Å². The molecule has 4 amide bonds. The van der Waals surface area contributed by atoms with Crippen molar-refractivity contribution in [3.63, 3.8) is 0 Å². The van der Waals surface area contributed by atoms with E-state index in [-0.39, 0.29) is 103 Å². The number of fused-ring (bicyclic) bond motifs is 4. The molecule has 10 aromatic rings. The highest BCUT2D eigenvalue weighted by atomic mass is 32.2. The topological polar surface area (TPSA) is 842 Å². The van der Waals surface area contributed by atoms with Crippen LogP contribution in [0.4, 0.5) is 32.6 Å². The van der Waals surface area contributed by atoms with Gasteiger partial charge < -0.3 is 129 Å². The second-order valence-electron chi connectivity index (χ2n) is 31.3. The van der Waals surface area contributed by atoms with Gasteiger partial charge in [-0.3, -0.25) is 27.8 Å². The first-order valence-corrected chi connectivity index (χ1v) is 55.1. The van der Waals surface area contributed by atoms with Crippen molar-refractivity contribution >= 4 is 183 Å². The number of aromatic nitrogens is 10. The first-order chi connectivity index (χ1) is 67.7. The smallest absolute Gasteiger partial charge is 0.490 e. The third-order valence-electron chi connectivity index (χ3n) is 21.4. The number of unbranched alkanes of at least 4 members (excludes halogenated alkanes) is 4. The number of aryl methyl sites for hydroxylation is 2. The summed E-state index contributed by atoms with van der Waals surface area (Å²) in [4.78, 5) is 178. The van der Waals surface area contributed by atoms with Crippen LogP contribution in [-0.4, -0.2) is 241 Å². The lowest BCUT2D eigenvalue weighted by atomic mass is 10.1. The third kappa shape index (κ3) is 32.0. The number of aliphatic hydroxyl groups excluding tert-OH is 2. The molecule has 0 aliphatic carbocycles. The molecule has 2 aliphatic rings. The molecule has 784 valence electrons. The van der Waals surface area contributed by atoms with E-state index in [9.17, 15) is 112 Å². The van der Waals surface area contributed by atoms with Crippen molar-refractivity contribution in [2.45, 2.75) is 151 Å². The summed E-state index contributed by atoms with van der Waals surface area (Å²) in [7, 11) is -44.1. The van der Waals surface area contributed by atoms with E-state index in [1.54, 1.807) is 45.6 Å². The molecule has 144 heavy (non-hydrogen) atoms. The molecule has 18 N–H and O–H groups in total. The first-order valence-electron chi connectivity index (χ1n) is 43.3. The number of rotatable bonds is 48. The molecule has 2 aromatic carbocycles. The molecule has 10 heterocycles. The zero-order valence-corrected chi connectivity index (χ0v) is 83.2. The molecule has 2 saturated heterocycles. The van der Waals surface area contributed by atoms with Gasteiger partial charge in [0.2, 0.25) is 23.2 Å². The van der Waals surface area contributed by atoms with E-state index >= 15 is 0 Å². The van der Waals surface area contributed by atoms with E-state index in [0.717, 1.165) is 73.5 Å². The Labute approximate surface area is 815 Å². The summed E-state index contributed by atoms with van der Waals surface area (Å²) in [6.07, 6.45) is 0.153. The molecule has 0 bridgehead atoms. The van der Waals surface area contributed by atoms with E-state index in [1.165, 1.54) is 47.3 Å². The summed E-state index contributed by atoms with van der Waals surface area (Å²) in [6, 6.07) is 19.7. The number of alkyl carbamates (subject to hydrolysis) is 2. The number of phosphoric acid groups is 6. The molecule has 12 atom stereocenters. The van der Waals surface area contributed by atoms with Crippen LogP contribution in [0.15, 0.2) is 139 Å². The van der Waals surface area contributed by atoms with Gasteiger partial charge in [-0.25, -0.2) is 93.3 Å². The van der Waals surface area contributed by atoms with Gasteiger partial charge in [0.1, 0.15) is 102 Å². The molecular weight excluding hydrogens is 2080 g/mol. The van der Waals surface area contributed by atoms with Gasteiger partial charge in [-0.05, 0) is 114 Å². The second-order valence-corrected chi connectivity index (χ2v) is 42.9. The van der Waals surface area contributed by atoms with Gasteiger partial charge >= 0.3 is 70.4 Å². The summed E-state index contributed by atoms with van der Waals surface area (Å²) in [6.45, 7) is 8.83. The Balaban J connectivity index is 0.000000274. The van der Waals surface area contributed by atoms with Crippen LogP contribution < -0.4 is 62.9 Å². The number of carbonyl (C=O) groups excluding carboxylic acids is 4. The molecular formula is C78H100N18O40P6S2. The number of anilines is 4. The molecule has 8 aromatic heterocycles. The maximum absolute atomic E-state index is 13.0. The molecule has 2 aliphatic heterocycles. The highest BCUT2D eigenvalue weighted by Gasteiger charge is 2.52. The molecule has 0 radical (unpaired) electrons. The van der Waals surface area contributed by atoms with Crippen molar-refractivity contribution < 1.29 is 185 Å². The van der Waals surface area contributed by atoms with E-state index < -0.39 is 169 Å². The van der Waals surface area contributed by atoms with E-state index in [2.05, 4.69) is 87.3 Å². The number of pyridine rings is 2. The number of nitrogens with one attached hydrogen (secondary N) is 4. The fourth-order valence-electron chi connectivity index (χ4n) is 14.7. The fraction of sp³-hybridized carbons (Fsp3) is 0.410. The standard InChI is InChI=1S/2C39H50N9O20P3S/c1-3-46(4-2)27-12-9-24-18-25(38(51)65-29(24)19-27)10-11-26-13-14-28(72(60,61)62)20-47(26)17-7-5-6-8-31(49)41-15-16-42-39(52)66-34-30(21-63-70(56,57)68-71(58,59)67-69(53,54)55)64-37(33(34)50)48-23-45-32-35(40)43-22-44-36(32)48;1-3-46(4-2)27-12-9-24-18-25(38(51)65-29(24)19-27)10-11-26-13-14-28(72(60,61)62)20-47(26)17-7-5-6-8-31(49)41-15-16-42-39(52)66-34-33(50)30(21-63-70(56,57)68-71(58,59)67-69(53,54)55)64-37(34)48-23-45-32-35(40)43-22-44-36(32)48/h2*9-14,18-20,22-23,30,33-34,37,50H,3-8,15-17,21H2,1-2H3,(H8-,40,41,42,43,44,49,52,53,54,55,56,57,58,59,60,61,62)/t2*30-,33-,34-,37-/m11/s1. The maximum Gasteiger partial charge on any atom is 0.490 e. The number of carbonyl (C=O) groups is 4. The van der Waals surface area contributed by atoms with Crippen LogP contribution in [0.2, 0.25) is 0 Å². The molecule has 66 heteroatoms. The van der Waals surface area contributed by atoms with Crippen molar-refractivity contribution in [1.82, 2.24) is 60.3 Å². The molecule has 58 nitrogen and oxygen atoms in total. The lowest BCUT2D eigenvalue weighted by Crippen LogP contribution is -2.42. The third-order valence-corrected chi connectivity index (χ3v) is 30.6. The average molecular weight is 2180 g/mol. The van der Waals surface area contributed by atoms with Gasteiger partial charge in [0, 0.05) is 137 Å². The van der Waals surface area contributed by atoms with Gasteiger partial charge in [0.05, 0.1) is 37.0 Å². The van der Waals surface area contributed by atoms with Crippen LogP contribution in [-0.2, 0) is 116 Å². The van der Waals surface area contributed by atoms with Crippen molar-refractivity contribution in [2.75, 3.05) is 86.8 Å². The number of hydrogen-bond donors (Lipinski definition) is 16. The maximum atomic E-state index is 13.0. The quantitative estimate of drug-likeness (QED) is 0.00851. The van der Waals surface area contributed by atoms with Gasteiger partial charge in [-0.15, -0.1) is 0 Å². The number of amides is 4. The lowest BCUT2D eigenvalue weighted by Gasteiger charge is -2.22. The Morgan fingerprint density at radius 3 is 1.29 bits per heavy atom. The lowest BCUT2D eigenvalue weighted by molar-refractivity contribution is -0.701. The van der Waals surface area contributed by atoms with Gasteiger partial charge in [-0.1, -0.05) is 0 Å². The Morgan fingerprint density at radius 1 is 0.486 bits per heavy atom. The minimum absolute atomic E-state index is 0.0313. The predicted octanol–water partition coefficient (Wildman–Crippen LogP) is 3.59. The highest BCUT2D eigenvalue weighted by molar-refractivity contribution is 7.86. The minimum atomic E-state index is -5.90. The SMILES string of the molecule is CCN(CC)c1ccc2cc(/C=C/c3ccc(S(=O)(=O)[O-])c[n+]3CCCCCC(=O)NCCNC(=O)O[C@@H]3[C@H](O)[C@@H](COP(=O)(O)OP(=O)(O)OP(=O)(O)O)O[C@H]3n3cnc4c(N)ncnc43)c(=O)oc2c1.CCN(CC)c1ccc2cc(/C=C/c3ccc(S(=O)(=O)[O-])c[n+]3CCCCCC(=O)NCCNC(=O)O[C@H]3[C@@H](O)[C@H](n4cnc5c(N)ncnc54)O[C@@H]3COP(=O)(O)OP(=O)(O)OP(=O)(O)O)c(=O)oc2c1. The van der Waals surface area contributed by atoms with Crippen LogP contribution in [0.1, 0.15) is 114 Å². The van der Waals surface area contributed by atoms with Crippen molar-refractivity contribution in [3.8, 4) is 0 Å². The number of nitrogens with zero attached hydrogens (tertiary/aromatic N) is 12. The van der Waals surface area contributed by atoms with Crippen molar-refractivity contribution in [2.24, 2.45) is 0 Å². The number of phosphoric ester groups is 2. The molecule has 12 rings (SSSR count). The Morgan fingerprint density at radius 2 is 0.882 bits per heavy atom. The largest absolute Gasteiger partial charge is 0.744 e. The number of imidazole rings is 2. The number of hydrogen-bond acceptors (Lipinski definition) is 42. The van der Waals surface area contributed by atoms with Crippen LogP contribution in [0.25, 0.3) is 68.6 Å².